The van der Waals surface area contributed by atoms with E-state index in [1.54, 1.807) is 0 Å². The molecule has 0 fully saturated rings. The second kappa shape index (κ2) is 7.09. The summed E-state index contributed by atoms with van der Waals surface area (Å²) in [6, 6.07) is 0. The van der Waals surface area contributed by atoms with Gasteiger partial charge in [-0.3, -0.25) is 0 Å². The highest BCUT2D eigenvalue weighted by Crippen LogP contribution is 2.01. The summed E-state index contributed by atoms with van der Waals surface area (Å²) in [5, 5.41) is 0. The van der Waals surface area contributed by atoms with Gasteiger partial charge in [-0.1, -0.05) is 27.7 Å². The zero-order chi connectivity index (χ0) is 12.7. The molecule has 94 valence electrons. The average molecular weight is 231 g/mol. The van der Waals surface area contributed by atoms with E-state index in [2.05, 4.69) is 0 Å². The minimum absolute atomic E-state index is 0.240. The molecule has 0 unspecified atom stereocenters. The van der Waals surface area contributed by atoms with E-state index >= 15 is 0 Å². The number of rotatable bonds is 4. The second-order valence-electron chi connectivity index (χ2n) is 4.50. The van der Waals surface area contributed by atoms with Crippen molar-refractivity contribution < 1.29 is 19.1 Å². The summed E-state index contributed by atoms with van der Waals surface area (Å²) in [4.78, 5) is 23.5. The molecular formula is C11H21NO4. The number of ether oxygens (including phenoxy) is 2. The molecule has 2 amide bonds. The van der Waals surface area contributed by atoms with Crippen LogP contribution in [-0.4, -0.2) is 37.3 Å². The smallest absolute Gasteiger partial charge is 0.419 e. The summed E-state index contributed by atoms with van der Waals surface area (Å²) in [6.45, 7) is 8.27. The van der Waals surface area contributed by atoms with Gasteiger partial charge in [-0.15, -0.1) is 0 Å². The maximum atomic E-state index is 11.3. The van der Waals surface area contributed by atoms with Crippen molar-refractivity contribution in [1.82, 2.24) is 4.90 Å². The topological polar surface area (TPSA) is 55.8 Å². The number of amides is 2. The van der Waals surface area contributed by atoms with Crippen molar-refractivity contribution in [2.45, 2.75) is 27.7 Å². The minimum atomic E-state index is -0.678. The molecule has 0 bridgehead atoms. The van der Waals surface area contributed by atoms with Gasteiger partial charge in [0.1, 0.15) is 0 Å². The molecule has 0 aromatic rings. The number of imide groups is 1. The summed E-state index contributed by atoms with van der Waals surface area (Å²) in [6.07, 6.45) is -1.36. The number of hydrogen-bond donors (Lipinski definition) is 0. The van der Waals surface area contributed by atoms with E-state index in [0.29, 0.717) is 13.2 Å². The number of hydrogen-bond acceptors (Lipinski definition) is 4. The Morgan fingerprint density at radius 1 is 0.938 bits per heavy atom. The minimum Gasteiger partial charge on any atom is -0.449 e. The highest BCUT2D eigenvalue weighted by atomic mass is 16.6. The van der Waals surface area contributed by atoms with E-state index in [9.17, 15) is 9.59 Å². The van der Waals surface area contributed by atoms with Crippen LogP contribution in [0.1, 0.15) is 27.7 Å². The van der Waals surface area contributed by atoms with Crippen LogP contribution in [0.5, 0.6) is 0 Å². The maximum absolute atomic E-state index is 11.3. The summed E-state index contributed by atoms with van der Waals surface area (Å²) in [7, 11) is 1.34. The van der Waals surface area contributed by atoms with Gasteiger partial charge in [0, 0.05) is 7.05 Å². The Bertz CT molecular complexity index is 214. The van der Waals surface area contributed by atoms with Crippen molar-refractivity contribution in [1.29, 1.82) is 0 Å². The van der Waals surface area contributed by atoms with Gasteiger partial charge in [0.25, 0.3) is 0 Å². The monoisotopic (exact) mass is 231 g/mol. The van der Waals surface area contributed by atoms with E-state index in [0.717, 1.165) is 4.90 Å². The SMILES string of the molecule is CC(C)COC(=O)N(C)C(=O)OCC(C)C. The van der Waals surface area contributed by atoms with Crippen LogP contribution in [0.25, 0.3) is 0 Å². The quantitative estimate of drug-likeness (QED) is 0.746. The van der Waals surface area contributed by atoms with Crippen LogP contribution in [0.2, 0.25) is 0 Å². The van der Waals surface area contributed by atoms with Crippen molar-refractivity contribution in [2.24, 2.45) is 11.8 Å². The van der Waals surface area contributed by atoms with Gasteiger partial charge in [0.15, 0.2) is 0 Å². The molecule has 0 spiro atoms. The zero-order valence-electron chi connectivity index (χ0n) is 10.6. The molecule has 5 heteroatoms. The molecule has 0 atom stereocenters. The first kappa shape index (κ1) is 14.7. The molecule has 0 saturated carbocycles. The van der Waals surface area contributed by atoms with Gasteiger partial charge in [-0.25, -0.2) is 14.5 Å². The average Bonchev–Trinajstić information content (AvgIpc) is 2.21. The Labute approximate surface area is 96.7 Å². The van der Waals surface area contributed by atoms with Crippen molar-refractivity contribution in [3.8, 4) is 0 Å². The molecule has 0 aliphatic rings. The molecule has 0 heterocycles. The van der Waals surface area contributed by atoms with Crippen LogP contribution in [-0.2, 0) is 9.47 Å². The first-order chi connectivity index (χ1) is 7.34. The van der Waals surface area contributed by atoms with Crippen LogP contribution in [0.4, 0.5) is 9.59 Å². The Morgan fingerprint density at radius 2 is 1.25 bits per heavy atom. The molecule has 0 aliphatic heterocycles. The fourth-order valence-electron chi connectivity index (χ4n) is 0.744. The van der Waals surface area contributed by atoms with Gasteiger partial charge in [0.05, 0.1) is 13.2 Å². The van der Waals surface area contributed by atoms with Crippen molar-refractivity contribution in [3.63, 3.8) is 0 Å². The zero-order valence-corrected chi connectivity index (χ0v) is 10.6. The lowest BCUT2D eigenvalue weighted by molar-refractivity contribution is 0.0738. The summed E-state index contributed by atoms with van der Waals surface area (Å²) in [5.41, 5.74) is 0. The third kappa shape index (κ3) is 6.27. The second-order valence-corrected chi connectivity index (χ2v) is 4.50. The molecule has 0 aromatic carbocycles. The Morgan fingerprint density at radius 3 is 1.50 bits per heavy atom. The predicted molar refractivity (Wildman–Crippen MR) is 60.1 cm³/mol. The fourth-order valence-corrected chi connectivity index (χ4v) is 0.744. The fraction of sp³-hybridized carbons (Fsp3) is 0.818. The van der Waals surface area contributed by atoms with Crippen LogP contribution in [0.15, 0.2) is 0 Å². The van der Waals surface area contributed by atoms with Gasteiger partial charge in [0.2, 0.25) is 0 Å². The predicted octanol–water partition coefficient (Wildman–Crippen LogP) is 2.50. The first-order valence-electron chi connectivity index (χ1n) is 5.41. The standard InChI is InChI=1S/C11H21NO4/c1-8(2)6-15-10(13)12(5)11(14)16-7-9(3)4/h8-9H,6-7H2,1-5H3. The van der Waals surface area contributed by atoms with Crippen molar-refractivity contribution >= 4 is 12.2 Å². The van der Waals surface area contributed by atoms with Gasteiger partial charge >= 0.3 is 12.2 Å². The van der Waals surface area contributed by atoms with Gasteiger partial charge < -0.3 is 9.47 Å². The van der Waals surface area contributed by atoms with Crippen LogP contribution in [0.3, 0.4) is 0 Å². The van der Waals surface area contributed by atoms with E-state index in [4.69, 9.17) is 9.47 Å². The number of carbonyl (C=O) groups excluding carboxylic acids is 2. The Hall–Kier alpha value is -1.26. The lowest BCUT2D eigenvalue weighted by Gasteiger charge is -2.16. The van der Waals surface area contributed by atoms with Crippen molar-refractivity contribution in [3.05, 3.63) is 0 Å². The normalized spacial score (nSPS) is 10.4. The summed E-state index contributed by atoms with van der Waals surface area (Å²) >= 11 is 0. The molecule has 16 heavy (non-hydrogen) atoms. The van der Waals surface area contributed by atoms with E-state index < -0.39 is 12.2 Å². The summed E-state index contributed by atoms with van der Waals surface area (Å²) in [5.74, 6) is 0.480. The highest BCUT2D eigenvalue weighted by Gasteiger charge is 2.20. The molecule has 0 aromatic heterocycles. The molecule has 0 rings (SSSR count). The molecule has 0 saturated heterocycles. The number of carbonyl (C=O) groups is 2. The van der Waals surface area contributed by atoms with Crippen LogP contribution < -0.4 is 0 Å². The van der Waals surface area contributed by atoms with Crippen molar-refractivity contribution in [2.75, 3.05) is 20.3 Å². The highest BCUT2D eigenvalue weighted by molar-refractivity contribution is 5.87. The van der Waals surface area contributed by atoms with Gasteiger partial charge in [-0.2, -0.15) is 0 Å². The largest absolute Gasteiger partial charge is 0.449 e. The van der Waals surface area contributed by atoms with E-state index in [1.165, 1.54) is 7.05 Å². The molecule has 0 radical (unpaired) electrons. The Kier molecular flexibility index (Phi) is 6.53. The maximum Gasteiger partial charge on any atom is 0.419 e. The number of nitrogens with zero attached hydrogens (tertiary/aromatic N) is 1. The molecule has 5 nitrogen and oxygen atoms in total. The lowest BCUT2D eigenvalue weighted by atomic mass is 10.2. The third-order valence-corrected chi connectivity index (χ3v) is 1.63. The van der Waals surface area contributed by atoms with Crippen LogP contribution in [0, 0.1) is 11.8 Å². The Balaban J connectivity index is 3.97. The van der Waals surface area contributed by atoms with Crippen LogP contribution >= 0.6 is 0 Å². The molecular weight excluding hydrogens is 210 g/mol. The van der Waals surface area contributed by atoms with Gasteiger partial charge in [-0.05, 0) is 11.8 Å². The lowest BCUT2D eigenvalue weighted by Crippen LogP contribution is -2.35. The molecule has 0 N–H and O–H groups in total. The first-order valence-corrected chi connectivity index (χ1v) is 5.41. The third-order valence-electron chi connectivity index (χ3n) is 1.63. The van der Waals surface area contributed by atoms with E-state index in [1.807, 2.05) is 27.7 Å². The summed E-state index contributed by atoms with van der Waals surface area (Å²) < 4.78 is 9.76. The van der Waals surface area contributed by atoms with E-state index in [-0.39, 0.29) is 11.8 Å². The molecule has 0 aliphatic carbocycles.